The van der Waals surface area contributed by atoms with Gasteiger partial charge in [0.1, 0.15) is 0 Å². The van der Waals surface area contributed by atoms with E-state index in [9.17, 15) is 5.11 Å². The lowest BCUT2D eigenvalue weighted by Crippen LogP contribution is -2.27. The number of phenolic OH excluding ortho intramolecular Hbond substituents is 1. The Hall–Kier alpha value is -1.22. The summed E-state index contributed by atoms with van der Waals surface area (Å²) in [6.45, 7) is 11.9. The molecule has 1 aromatic carbocycles. The zero-order valence-electron chi connectivity index (χ0n) is 14.8. The van der Waals surface area contributed by atoms with Gasteiger partial charge in [-0.3, -0.25) is 0 Å². The number of phenols is 1. The molecule has 0 saturated heterocycles. The number of rotatable bonds is 10. The van der Waals surface area contributed by atoms with Gasteiger partial charge >= 0.3 is 0 Å². The van der Waals surface area contributed by atoms with Crippen LogP contribution in [-0.2, 0) is 11.3 Å². The van der Waals surface area contributed by atoms with Gasteiger partial charge in [-0.1, -0.05) is 39.7 Å². The maximum atomic E-state index is 9.74. The van der Waals surface area contributed by atoms with E-state index in [0.717, 1.165) is 24.3 Å². The van der Waals surface area contributed by atoms with E-state index in [4.69, 9.17) is 9.47 Å². The van der Waals surface area contributed by atoms with E-state index >= 15 is 0 Å². The molecule has 0 aliphatic rings. The third kappa shape index (κ3) is 6.27. The van der Waals surface area contributed by atoms with Crippen LogP contribution in [0.15, 0.2) is 18.2 Å². The molecule has 3 heteroatoms. The molecule has 1 rings (SSSR count). The Balaban J connectivity index is 2.59. The van der Waals surface area contributed by atoms with E-state index in [1.54, 1.807) is 6.07 Å². The van der Waals surface area contributed by atoms with Crippen LogP contribution >= 0.6 is 0 Å². The Bertz CT molecular complexity index is 442. The van der Waals surface area contributed by atoms with Crippen LogP contribution in [0.4, 0.5) is 0 Å². The van der Waals surface area contributed by atoms with Crippen LogP contribution in [0.25, 0.3) is 0 Å². The van der Waals surface area contributed by atoms with Gasteiger partial charge in [0.2, 0.25) is 0 Å². The zero-order valence-corrected chi connectivity index (χ0v) is 14.8. The monoisotopic (exact) mass is 308 g/mol. The number of hydrogen-bond donors (Lipinski definition) is 1. The van der Waals surface area contributed by atoms with Crippen LogP contribution < -0.4 is 4.74 Å². The minimum Gasteiger partial charge on any atom is -0.504 e. The Kier molecular flexibility index (Phi) is 7.74. The summed E-state index contributed by atoms with van der Waals surface area (Å²) in [5.74, 6) is 1.45. The molecule has 0 amide bonds. The van der Waals surface area contributed by atoms with Crippen LogP contribution in [0, 0.1) is 5.92 Å². The average molecular weight is 308 g/mol. The molecule has 0 heterocycles. The SMILES string of the molecule is CCOc1cc(COC(C)(CC)CCCC(C)C)ccc1O. The first kappa shape index (κ1) is 18.8. The summed E-state index contributed by atoms with van der Waals surface area (Å²) < 4.78 is 11.6. The van der Waals surface area contributed by atoms with Crippen molar-refractivity contribution in [1.29, 1.82) is 0 Å². The highest BCUT2D eigenvalue weighted by Crippen LogP contribution is 2.29. The fourth-order valence-electron chi connectivity index (χ4n) is 2.41. The predicted molar refractivity (Wildman–Crippen MR) is 91.4 cm³/mol. The van der Waals surface area contributed by atoms with Crippen LogP contribution in [0.1, 0.15) is 65.9 Å². The fraction of sp³-hybridized carbons (Fsp3) is 0.684. The molecule has 0 aromatic heterocycles. The fourth-order valence-corrected chi connectivity index (χ4v) is 2.41. The van der Waals surface area contributed by atoms with E-state index in [1.165, 1.54) is 12.8 Å². The first-order valence-corrected chi connectivity index (χ1v) is 8.49. The van der Waals surface area contributed by atoms with Crippen molar-refractivity contribution >= 4 is 0 Å². The van der Waals surface area contributed by atoms with Crippen molar-refractivity contribution in [2.45, 2.75) is 72.5 Å². The van der Waals surface area contributed by atoms with Gasteiger partial charge in [-0.25, -0.2) is 0 Å². The van der Waals surface area contributed by atoms with E-state index in [1.807, 2.05) is 19.1 Å². The van der Waals surface area contributed by atoms with Crippen molar-refractivity contribution in [3.63, 3.8) is 0 Å². The Morgan fingerprint density at radius 1 is 1.23 bits per heavy atom. The molecule has 1 N–H and O–H groups in total. The van der Waals surface area contributed by atoms with Gasteiger partial charge in [-0.05, 0) is 50.3 Å². The predicted octanol–water partition coefficient (Wildman–Crippen LogP) is 5.30. The van der Waals surface area contributed by atoms with Crippen molar-refractivity contribution in [2.75, 3.05) is 6.61 Å². The molecule has 126 valence electrons. The van der Waals surface area contributed by atoms with Crippen molar-refractivity contribution < 1.29 is 14.6 Å². The number of hydrogen-bond acceptors (Lipinski definition) is 3. The molecule has 0 aliphatic heterocycles. The lowest BCUT2D eigenvalue weighted by Gasteiger charge is -2.29. The lowest BCUT2D eigenvalue weighted by atomic mass is 9.93. The summed E-state index contributed by atoms with van der Waals surface area (Å²) in [4.78, 5) is 0. The molecule has 0 aliphatic carbocycles. The molecule has 0 bridgehead atoms. The highest BCUT2D eigenvalue weighted by molar-refractivity contribution is 5.41. The maximum Gasteiger partial charge on any atom is 0.161 e. The van der Waals surface area contributed by atoms with E-state index < -0.39 is 0 Å². The molecule has 0 radical (unpaired) electrons. The maximum absolute atomic E-state index is 9.74. The molecule has 1 unspecified atom stereocenters. The van der Waals surface area contributed by atoms with Gasteiger partial charge < -0.3 is 14.6 Å². The highest BCUT2D eigenvalue weighted by atomic mass is 16.5. The van der Waals surface area contributed by atoms with Crippen LogP contribution in [-0.4, -0.2) is 17.3 Å². The number of benzene rings is 1. The van der Waals surface area contributed by atoms with E-state index in [2.05, 4.69) is 27.7 Å². The Morgan fingerprint density at radius 2 is 1.95 bits per heavy atom. The van der Waals surface area contributed by atoms with Gasteiger partial charge in [0, 0.05) is 0 Å². The Labute approximate surface area is 135 Å². The topological polar surface area (TPSA) is 38.7 Å². The molecular weight excluding hydrogens is 276 g/mol. The summed E-state index contributed by atoms with van der Waals surface area (Å²) >= 11 is 0. The Morgan fingerprint density at radius 3 is 2.55 bits per heavy atom. The second-order valence-corrected chi connectivity index (χ2v) is 6.61. The molecule has 0 saturated carbocycles. The van der Waals surface area contributed by atoms with Gasteiger partial charge in [0.25, 0.3) is 0 Å². The van der Waals surface area contributed by atoms with Crippen molar-refractivity contribution in [3.05, 3.63) is 23.8 Å². The van der Waals surface area contributed by atoms with Gasteiger partial charge in [-0.2, -0.15) is 0 Å². The summed E-state index contributed by atoms with van der Waals surface area (Å²) in [6.07, 6.45) is 4.52. The standard InChI is InChI=1S/C19H32O3/c1-6-19(5,12-8-9-15(3)4)22-14-16-10-11-17(20)18(13-16)21-7-2/h10-11,13,15,20H,6-9,12,14H2,1-5H3. The zero-order chi connectivity index (χ0) is 16.6. The normalized spacial score (nSPS) is 14.1. The summed E-state index contributed by atoms with van der Waals surface area (Å²) in [6, 6.07) is 5.43. The van der Waals surface area contributed by atoms with Crippen LogP contribution in [0.5, 0.6) is 11.5 Å². The summed E-state index contributed by atoms with van der Waals surface area (Å²) in [5, 5.41) is 9.74. The smallest absolute Gasteiger partial charge is 0.161 e. The van der Waals surface area contributed by atoms with Crippen molar-refractivity contribution in [2.24, 2.45) is 5.92 Å². The summed E-state index contributed by atoms with van der Waals surface area (Å²) in [5.41, 5.74) is 0.947. The molecule has 1 atom stereocenters. The molecule has 22 heavy (non-hydrogen) atoms. The van der Waals surface area contributed by atoms with Crippen molar-refractivity contribution in [1.82, 2.24) is 0 Å². The first-order chi connectivity index (χ1) is 10.4. The third-order valence-electron chi connectivity index (χ3n) is 4.15. The average Bonchev–Trinajstić information content (AvgIpc) is 2.48. The minimum atomic E-state index is -0.0848. The second-order valence-electron chi connectivity index (χ2n) is 6.61. The number of aromatic hydroxyl groups is 1. The van der Waals surface area contributed by atoms with Gasteiger partial charge in [-0.15, -0.1) is 0 Å². The molecule has 0 fully saturated rings. The highest BCUT2D eigenvalue weighted by Gasteiger charge is 2.22. The minimum absolute atomic E-state index is 0.0848. The van der Waals surface area contributed by atoms with Crippen molar-refractivity contribution in [3.8, 4) is 11.5 Å². The summed E-state index contributed by atoms with van der Waals surface area (Å²) in [7, 11) is 0. The second kappa shape index (κ2) is 9.04. The molecule has 1 aromatic rings. The lowest BCUT2D eigenvalue weighted by molar-refractivity contribution is -0.0533. The third-order valence-corrected chi connectivity index (χ3v) is 4.15. The first-order valence-electron chi connectivity index (χ1n) is 8.49. The van der Waals surface area contributed by atoms with Gasteiger partial charge in [0.05, 0.1) is 18.8 Å². The van der Waals surface area contributed by atoms with Crippen LogP contribution in [0.2, 0.25) is 0 Å². The molecular formula is C19H32O3. The van der Waals surface area contributed by atoms with Crippen LogP contribution in [0.3, 0.4) is 0 Å². The van der Waals surface area contributed by atoms with E-state index in [-0.39, 0.29) is 11.4 Å². The quantitative estimate of drug-likeness (QED) is 0.637. The molecule has 3 nitrogen and oxygen atoms in total. The largest absolute Gasteiger partial charge is 0.504 e. The molecule has 0 spiro atoms. The van der Waals surface area contributed by atoms with E-state index in [0.29, 0.717) is 19.0 Å². The number of ether oxygens (including phenoxy) is 2. The van der Waals surface area contributed by atoms with Gasteiger partial charge in [0.15, 0.2) is 11.5 Å².